The van der Waals surface area contributed by atoms with Crippen LogP contribution < -0.4 is 0 Å². The highest BCUT2D eigenvalue weighted by atomic mass is 32.1. The first-order valence-corrected chi connectivity index (χ1v) is 1.80. The van der Waals surface area contributed by atoms with Crippen molar-refractivity contribution in [2.24, 2.45) is 0 Å². The van der Waals surface area contributed by atoms with E-state index >= 15 is 0 Å². The van der Waals surface area contributed by atoms with Crippen LogP contribution in [0.5, 0.6) is 0 Å². The van der Waals surface area contributed by atoms with E-state index in [1.54, 1.807) is 0 Å². The second-order valence-corrected chi connectivity index (χ2v) is 0.805. The summed E-state index contributed by atoms with van der Waals surface area (Å²) >= 11 is 0. The standard InChI is InChI=1S/H3O3P.3H2S/c1-4(2)3;;;/h1-3H;3*1H2. The summed E-state index contributed by atoms with van der Waals surface area (Å²) in [6, 6.07) is 0. The normalized spacial score (nSPS) is 5.14. The molecule has 50 valence electrons. The average molecular weight is 184 g/mol. The highest BCUT2D eigenvalue weighted by Crippen LogP contribution is 2.11. The lowest BCUT2D eigenvalue weighted by molar-refractivity contribution is 0.368. The number of hydrogen-bond donors (Lipinski definition) is 3. The van der Waals surface area contributed by atoms with Crippen molar-refractivity contribution in [3.63, 3.8) is 0 Å². The molecule has 0 atom stereocenters. The maximum absolute atomic E-state index is 7.23. The van der Waals surface area contributed by atoms with Crippen LogP contribution in [0, 0.1) is 0 Å². The molecular formula is H9O3PS3. The predicted octanol–water partition coefficient (Wildman–Crippen LogP) is -0.471. The predicted molar refractivity (Wildman–Crippen MR) is 44.7 cm³/mol. The quantitative estimate of drug-likeness (QED) is 0.446. The number of hydrogen-bond acceptors (Lipinski definition) is 3. The van der Waals surface area contributed by atoms with Crippen LogP contribution in [0.2, 0.25) is 0 Å². The maximum atomic E-state index is 7.23. The van der Waals surface area contributed by atoms with Gasteiger partial charge in [0.25, 0.3) is 0 Å². The van der Waals surface area contributed by atoms with E-state index in [0.717, 1.165) is 0 Å². The van der Waals surface area contributed by atoms with Gasteiger partial charge in [-0.2, -0.15) is 40.5 Å². The van der Waals surface area contributed by atoms with Gasteiger partial charge in [-0.15, -0.1) is 0 Å². The van der Waals surface area contributed by atoms with Crippen LogP contribution in [0.1, 0.15) is 0 Å². The summed E-state index contributed by atoms with van der Waals surface area (Å²) in [6.07, 6.45) is 0. The molecule has 0 amide bonds. The van der Waals surface area contributed by atoms with E-state index < -0.39 is 8.60 Å². The van der Waals surface area contributed by atoms with Crippen LogP contribution in [-0.4, -0.2) is 14.7 Å². The molecule has 0 unspecified atom stereocenters. The Balaban J connectivity index is -0.0000000150. The topological polar surface area (TPSA) is 60.7 Å². The van der Waals surface area contributed by atoms with Crippen molar-refractivity contribution in [1.29, 1.82) is 0 Å². The second kappa shape index (κ2) is 15.7. The van der Waals surface area contributed by atoms with Crippen molar-refractivity contribution < 1.29 is 14.7 Å². The third kappa shape index (κ3) is 114. The van der Waals surface area contributed by atoms with Gasteiger partial charge in [-0.05, 0) is 0 Å². The van der Waals surface area contributed by atoms with Gasteiger partial charge in [0, 0.05) is 0 Å². The van der Waals surface area contributed by atoms with Crippen LogP contribution in [-0.2, 0) is 0 Å². The Morgan fingerprint density at radius 1 is 0.714 bits per heavy atom. The van der Waals surface area contributed by atoms with Gasteiger partial charge in [-0.1, -0.05) is 0 Å². The Morgan fingerprint density at radius 3 is 0.714 bits per heavy atom. The molecule has 0 radical (unpaired) electrons. The van der Waals surface area contributed by atoms with Gasteiger partial charge in [-0.25, -0.2) is 0 Å². The van der Waals surface area contributed by atoms with Crippen molar-refractivity contribution >= 4 is 49.1 Å². The minimum absolute atomic E-state index is 0. The first-order chi connectivity index (χ1) is 1.73. The maximum Gasteiger partial charge on any atom is 0.324 e. The highest BCUT2D eigenvalue weighted by molar-refractivity contribution is 7.59. The monoisotopic (exact) mass is 184 g/mol. The van der Waals surface area contributed by atoms with E-state index in [1.165, 1.54) is 0 Å². The largest absolute Gasteiger partial charge is 0.328 e. The SMILES string of the molecule is OP(O)O.S.S.S. The smallest absolute Gasteiger partial charge is 0.324 e. The zero-order valence-corrected chi connectivity index (χ0v) is 7.18. The molecule has 0 aromatic carbocycles. The Kier molecular flexibility index (Phi) is 53.3. The third-order valence-electron chi connectivity index (χ3n) is 0. The van der Waals surface area contributed by atoms with Crippen LogP contribution in [0.25, 0.3) is 0 Å². The van der Waals surface area contributed by atoms with Gasteiger partial charge in [0.05, 0.1) is 0 Å². The number of rotatable bonds is 0. The molecule has 0 aliphatic rings. The van der Waals surface area contributed by atoms with Gasteiger partial charge in [0.1, 0.15) is 0 Å². The molecule has 7 heavy (non-hydrogen) atoms. The van der Waals surface area contributed by atoms with Crippen molar-refractivity contribution in [3.05, 3.63) is 0 Å². The molecule has 7 heteroatoms. The minimum Gasteiger partial charge on any atom is -0.328 e. The molecular weight excluding hydrogens is 175 g/mol. The van der Waals surface area contributed by atoms with E-state index in [2.05, 4.69) is 0 Å². The molecule has 0 heterocycles. The van der Waals surface area contributed by atoms with E-state index in [-0.39, 0.29) is 40.5 Å². The average Bonchev–Trinajstić information content (AvgIpc) is 0.811. The first kappa shape index (κ1) is 23.8. The summed E-state index contributed by atoms with van der Waals surface area (Å²) in [4.78, 5) is 21.7. The third-order valence-corrected chi connectivity index (χ3v) is 0. The summed E-state index contributed by atoms with van der Waals surface area (Å²) in [5.41, 5.74) is 0. The van der Waals surface area contributed by atoms with E-state index in [0.29, 0.717) is 0 Å². The highest BCUT2D eigenvalue weighted by Gasteiger charge is 1.76. The summed E-state index contributed by atoms with van der Waals surface area (Å²) < 4.78 is 0. The molecule has 0 bridgehead atoms. The molecule has 3 nitrogen and oxygen atoms in total. The van der Waals surface area contributed by atoms with Crippen LogP contribution in [0.15, 0.2) is 0 Å². The van der Waals surface area contributed by atoms with Crippen LogP contribution >= 0.6 is 49.1 Å². The molecule has 0 spiro atoms. The first-order valence-electron chi connectivity index (χ1n) is 0.600. The Morgan fingerprint density at radius 2 is 0.714 bits per heavy atom. The molecule has 0 fully saturated rings. The van der Waals surface area contributed by atoms with Crippen molar-refractivity contribution in [2.45, 2.75) is 0 Å². The minimum atomic E-state index is -2.62. The van der Waals surface area contributed by atoms with E-state index in [1.807, 2.05) is 0 Å². The summed E-state index contributed by atoms with van der Waals surface area (Å²) in [5, 5.41) is 0. The fourth-order valence-corrected chi connectivity index (χ4v) is 0. The Bertz CT molecular complexity index is 14.9. The molecule has 0 saturated carbocycles. The molecule has 0 rings (SSSR count). The van der Waals surface area contributed by atoms with Crippen molar-refractivity contribution in [2.75, 3.05) is 0 Å². The molecule has 0 aliphatic carbocycles. The van der Waals surface area contributed by atoms with Crippen molar-refractivity contribution in [3.8, 4) is 0 Å². The lowest BCUT2D eigenvalue weighted by Crippen LogP contribution is -1.54. The van der Waals surface area contributed by atoms with Gasteiger partial charge in [0.15, 0.2) is 0 Å². The van der Waals surface area contributed by atoms with Gasteiger partial charge < -0.3 is 14.7 Å². The Hall–Kier alpha value is 1.36. The summed E-state index contributed by atoms with van der Waals surface area (Å²) in [6.45, 7) is 0. The molecule has 0 aliphatic heterocycles. The fourth-order valence-electron chi connectivity index (χ4n) is 0. The molecule has 0 saturated heterocycles. The zero-order valence-electron chi connectivity index (χ0n) is 3.29. The second-order valence-electron chi connectivity index (χ2n) is 0.268. The van der Waals surface area contributed by atoms with Gasteiger partial charge in [-0.3, -0.25) is 0 Å². The lowest BCUT2D eigenvalue weighted by atomic mass is 15.8. The van der Waals surface area contributed by atoms with Crippen molar-refractivity contribution in [1.82, 2.24) is 0 Å². The van der Waals surface area contributed by atoms with E-state index in [9.17, 15) is 0 Å². The van der Waals surface area contributed by atoms with Crippen LogP contribution in [0.4, 0.5) is 0 Å². The molecule has 0 aromatic rings. The zero-order chi connectivity index (χ0) is 3.58. The van der Waals surface area contributed by atoms with Crippen LogP contribution in [0.3, 0.4) is 0 Å². The van der Waals surface area contributed by atoms with E-state index in [4.69, 9.17) is 14.7 Å². The fraction of sp³-hybridized carbons (Fsp3) is 0. The van der Waals surface area contributed by atoms with Gasteiger partial charge >= 0.3 is 8.60 Å². The summed E-state index contributed by atoms with van der Waals surface area (Å²) in [7, 11) is -2.62. The Labute approximate surface area is 64.1 Å². The van der Waals surface area contributed by atoms with Gasteiger partial charge in [0.2, 0.25) is 0 Å². The molecule has 0 aromatic heterocycles. The lowest BCUT2D eigenvalue weighted by Gasteiger charge is -1.76. The molecule has 3 N–H and O–H groups in total. The summed E-state index contributed by atoms with van der Waals surface area (Å²) in [5.74, 6) is 0.